The number of hydrogen-bond acceptors (Lipinski definition) is 4. The molecule has 4 nitrogen and oxygen atoms in total. The largest absolute Gasteiger partial charge is 0.496 e. The summed E-state index contributed by atoms with van der Waals surface area (Å²) in [6.07, 6.45) is 4.68. The van der Waals surface area contributed by atoms with Gasteiger partial charge in [-0.05, 0) is 49.8 Å². The summed E-state index contributed by atoms with van der Waals surface area (Å²) in [4.78, 5) is 9.80. The summed E-state index contributed by atoms with van der Waals surface area (Å²) in [5.41, 5.74) is 5.01. The number of aryl methyl sites for hydroxylation is 3. The van der Waals surface area contributed by atoms with Gasteiger partial charge in [0.1, 0.15) is 11.4 Å². The van der Waals surface area contributed by atoms with Gasteiger partial charge in [-0.2, -0.15) is 0 Å². The van der Waals surface area contributed by atoms with Crippen molar-refractivity contribution < 1.29 is 9.47 Å². The summed E-state index contributed by atoms with van der Waals surface area (Å²) in [6, 6.07) is 6.33. The third-order valence-corrected chi connectivity index (χ3v) is 4.79. The molecule has 142 valence electrons. The maximum Gasteiger partial charge on any atom is 0.236 e. The van der Waals surface area contributed by atoms with E-state index in [-0.39, 0.29) is 6.10 Å². The standard InChI is InChI=1S/C22H32N2O2/c1-7-15-12-13-17(20(14-15)25-6)21-18(10-4)24-22(19(11-5)23-21)26-16(8-2)9-3/h12-14,16H,7-11H2,1-6H3. The van der Waals surface area contributed by atoms with Crippen LogP contribution in [0.25, 0.3) is 11.3 Å². The van der Waals surface area contributed by atoms with E-state index in [1.54, 1.807) is 7.11 Å². The lowest BCUT2D eigenvalue weighted by Gasteiger charge is -2.19. The lowest BCUT2D eigenvalue weighted by atomic mass is 10.0. The molecule has 0 radical (unpaired) electrons. The Kier molecular flexibility index (Phi) is 7.43. The van der Waals surface area contributed by atoms with Crippen molar-refractivity contribution in [1.29, 1.82) is 0 Å². The Morgan fingerprint density at radius 2 is 1.58 bits per heavy atom. The van der Waals surface area contributed by atoms with Crippen LogP contribution in [0, 0.1) is 0 Å². The number of aromatic nitrogens is 2. The zero-order valence-corrected chi connectivity index (χ0v) is 17.1. The first-order chi connectivity index (χ1) is 12.6. The molecular formula is C22H32N2O2. The van der Waals surface area contributed by atoms with E-state index in [1.807, 2.05) is 0 Å². The van der Waals surface area contributed by atoms with Crippen molar-refractivity contribution >= 4 is 0 Å². The Labute approximate surface area is 158 Å². The molecule has 0 atom stereocenters. The summed E-state index contributed by atoms with van der Waals surface area (Å²) in [5.74, 6) is 1.54. The minimum Gasteiger partial charge on any atom is -0.496 e. The molecule has 0 spiro atoms. The summed E-state index contributed by atoms with van der Waals surface area (Å²) in [6.45, 7) is 10.6. The van der Waals surface area contributed by atoms with Gasteiger partial charge in [-0.3, -0.25) is 0 Å². The van der Waals surface area contributed by atoms with E-state index in [0.29, 0.717) is 5.88 Å². The summed E-state index contributed by atoms with van der Waals surface area (Å²) >= 11 is 0. The molecule has 0 fully saturated rings. The van der Waals surface area contributed by atoms with Crippen LogP contribution in [-0.4, -0.2) is 23.2 Å². The molecule has 0 bridgehead atoms. The Morgan fingerprint density at radius 1 is 0.885 bits per heavy atom. The zero-order chi connectivity index (χ0) is 19.1. The molecule has 0 saturated carbocycles. The van der Waals surface area contributed by atoms with E-state index in [9.17, 15) is 0 Å². The number of rotatable bonds is 9. The number of hydrogen-bond donors (Lipinski definition) is 0. The molecule has 4 heteroatoms. The molecule has 0 unspecified atom stereocenters. The minimum absolute atomic E-state index is 0.184. The van der Waals surface area contributed by atoms with Crippen LogP contribution in [-0.2, 0) is 19.3 Å². The summed E-state index contributed by atoms with van der Waals surface area (Å²) < 4.78 is 11.8. The highest BCUT2D eigenvalue weighted by Gasteiger charge is 2.19. The van der Waals surface area contributed by atoms with Crippen LogP contribution in [0.4, 0.5) is 0 Å². The topological polar surface area (TPSA) is 44.2 Å². The number of benzene rings is 1. The molecule has 2 aromatic rings. The fourth-order valence-electron chi connectivity index (χ4n) is 3.04. The Hall–Kier alpha value is -2.10. The smallest absolute Gasteiger partial charge is 0.236 e. The van der Waals surface area contributed by atoms with Crippen LogP contribution in [0.1, 0.15) is 64.4 Å². The maximum absolute atomic E-state index is 6.16. The Balaban J connectivity index is 2.56. The SMILES string of the molecule is CCc1ccc(-c2nc(CC)c(OC(CC)CC)nc2CC)c(OC)c1. The molecule has 0 saturated heterocycles. The van der Waals surface area contributed by atoms with Crippen LogP contribution < -0.4 is 9.47 Å². The van der Waals surface area contributed by atoms with Crippen molar-refractivity contribution in [1.82, 2.24) is 9.97 Å². The summed E-state index contributed by atoms with van der Waals surface area (Å²) in [5, 5.41) is 0. The molecule has 0 aliphatic rings. The molecule has 0 aliphatic carbocycles. The second kappa shape index (κ2) is 9.56. The van der Waals surface area contributed by atoms with E-state index < -0.39 is 0 Å². The van der Waals surface area contributed by atoms with Crippen molar-refractivity contribution in [2.45, 2.75) is 72.8 Å². The first-order valence-electron chi connectivity index (χ1n) is 9.85. The molecule has 1 aromatic heterocycles. The van der Waals surface area contributed by atoms with Crippen molar-refractivity contribution in [3.05, 3.63) is 35.2 Å². The zero-order valence-electron chi connectivity index (χ0n) is 17.1. The maximum atomic E-state index is 6.16. The fourth-order valence-corrected chi connectivity index (χ4v) is 3.04. The van der Waals surface area contributed by atoms with Gasteiger partial charge < -0.3 is 9.47 Å². The highest BCUT2D eigenvalue weighted by molar-refractivity contribution is 5.70. The van der Waals surface area contributed by atoms with Gasteiger partial charge in [0.15, 0.2) is 0 Å². The fraction of sp³-hybridized carbons (Fsp3) is 0.545. The second-order valence-electron chi connectivity index (χ2n) is 6.42. The first kappa shape index (κ1) is 20.2. The lowest BCUT2D eigenvalue weighted by Crippen LogP contribution is -2.17. The van der Waals surface area contributed by atoms with E-state index >= 15 is 0 Å². The van der Waals surface area contributed by atoms with Gasteiger partial charge in [-0.15, -0.1) is 0 Å². The van der Waals surface area contributed by atoms with Crippen LogP contribution >= 0.6 is 0 Å². The normalized spacial score (nSPS) is 11.0. The van der Waals surface area contributed by atoms with Crippen molar-refractivity contribution in [3.63, 3.8) is 0 Å². The molecule has 0 amide bonds. The van der Waals surface area contributed by atoms with Gasteiger partial charge in [0, 0.05) is 5.56 Å². The molecule has 1 heterocycles. The van der Waals surface area contributed by atoms with Gasteiger partial charge in [0.2, 0.25) is 5.88 Å². The minimum atomic E-state index is 0.184. The number of nitrogens with zero attached hydrogens (tertiary/aromatic N) is 2. The van der Waals surface area contributed by atoms with Gasteiger partial charge in [-0.25, -0.2) is 9.97 Å². The molecule has 2 rings (SSSR count). The van der Waals surface area contributed by atoms with Crippen molar-refractivity contribution in [3.8, 4) is 22.9 Å². The third kappa shape index (κ3) is 4.35. The monoisotopic (exact) mass is 356 g/mol. The highest BCUT2D eigenvalue weighted by Crippen LogP contribution is 2.34. The second-order valence-corrected chi connectivity index (χ2v) is 6.42. The van der Waals surface area contributed by atoms with E-state index in [2.05, 4.69) is 52.8 Å². The predicted molar refractivity (Wildman–Crippen MR) is 107 cm³/mol. The third-order valence-electron chi connectivity index (χ3n) is 4.79. The summed E-state index contributed by atoms with van der Waals surface area (Å²) in [7, 11) is 1.71. The van der Waals surface area contributed by atoms with Gasteiger partial charge in [0.05, 0.1) is 24.6 Å². The van der Waals surface area contributed by atoms with Crippen LogP contribution in [0.3, 0.4) is 0 Å². The van der Waals surface area contributed by atoms with E-state index in [4.69, 9.17) is 19.4 Å². The molecule has 1 aromatic carbocycles. The van der Waals surface area contributed by atoms with E-state index in [1.165, 1.54) is 5.56 Å². The molecular weight excluding hydrogens is 324 g/mol. The lowest BCUT2D eigenvalue weighted by molar-refractivity contribution is 0.181. The van der Waals surface area contributed by atoms with Gasteiger partial charge >= 0.3 is 0 Å². The van der Waals surface area contributed by atoms with Crippen molar-refractivity contribution in [2.24, 2.45) is 0 Å². The molecule has 0 N–H and O–H groups in total. The van der Waals surface area contributed by atoms with Crippen LogP contribution in [0.5, 0.6) is 11.6 Å². The molecule has 26 heavy (non-hydrogen) atoms. The first-order valence-corrected chi connectivity index (χ1v) is 9.85. The average Bonchev–Trinajstić information content (AvgIpc) is 2.70. The van der Waals surface area contributed by atoms with Gasteiger partial charge in [0.25, 0.3) is 0 Å². The molecule has 0 aliphatic heterocycles. The number of methoxy groups -OCH3 is 1. The van der Waals surface area contributed by atoms with Gasteiger partial charge in [-0.1, -0.05) is 40.7 Å². The van der Waals surface area contributed by atoms with E-state index in [0.717, 1.165) is 60.5 Å². The predicted octanol–water partition coefficient (Wildman–Crippen LogP) is 5.41. The van der Waals surface area contributed by atoms with Crippen LogP contribution in [0.15, 0.2) is 18.2 Å². The Morgan fingerprint density at radius 3 is 2.12 bits per heavy atom. The Bertz CT molecular complexity index is 724. The highest BCUT2D eigenvalue weighted by atomic mass is 16.5. The number of ether oxygens (including phenoxy) is 2. The van der Waals surface area contributed by atoms with Crippen LogP contribution in [0.2, 0.25) is 0 Å². The quantitative estimate of drug-likeness (QED) is 0.603. The van der Waals surface area contributed by atoms with Crippen molar-refractivity contribution in [2.75, 3.05) is 7.11 Å². The average molecular weight is 357 g/mol.